The number of sulfonamides is 1. The minimum atomic E-state index is -3.68. The van der Waals surface area contributed by atoms with Gasteiger partial charge < -0.3 is 19.7 Å². The van der Waals surface area contributed by atoms with Gasteiger partial charge in [0, 0.05) is 48.1 Å². The van der Waals surface area contributed by atoms with Crippen LogP contribution in [0.2, 0.25) is 10.0 Å². The van der Waals surface area contributed by atoms with Gasteiger partial charge in [0.2, 0.25) is 28.6 Å². The van der Waals surface area contributed by atoms with E-state index in [1.165, 1.54) is 4.31 Å². The molecule has 0 saturated heterocycles. The third-order valence-corrected chi connectivity index (χ3v) is 10.2. The third kappa shape index (κ3) is 8.86. The molecular formula is C34H39Cl2N3O6S. The van der Waals surface area contributed by atoms with E-state index >= 15 is 0 Å². The zero-order chi connectivity index (χ0) is 32.7. The van der Waals surface area contributed by atoms with Gasteiger partial charge in [0.15, 0.2) is 11.5 Å². The molecule has 46 heavy (non-hydrogen) atoms. The summed E-state index contributed by atoms with van der Waals surface area (Å²) in [5.74, 6) is 0.498. The van der Waals surface area contributed by atoms with Gasteiger partial charge in [-0.3, -0.25) is 13.9 Å². The van der Waals surface area contributed by atoms with Crippen molar-refractivity contribution < 1.29 is 27.5 Å². The zero-order valence-electron chi connectivity index (χ0n) is 25.8. The van der Waals surface area contributed by atoms with Crippen molar-refractivity contribution in [3.05, 3.63) is 87.9 Å². The molecule has 1 aliphatic carbocycles. The Hall–Kier alpha value is -3.47. The van der Waals surface area contributed by atoms with Crippen LogP contribution < -0.4 is 19.1 Å². The van der Waals surface area contributed by atoms with E-state index in [1.54, 1.807) is 41.3 Å². The molecule has 1 heterocycles. The molecule has 1 N–H and O–H groups in total. The van der Waals surface area contributed by atoms with E-state index in [0.29, 0.717) is 39.2 Å². The summed E-state index contributed by atoms with van der Waals surface area (Å²) in [4.78, 5) is 29.7. The quantitative estimate of drug-likeness (QED) is 0.224. The molecule has 12 heteroatoms. The molecule has 3 aromatic rings. The second kappa shape index (κ2) is 15.4. The highest BCUT2D eigenvalue weighted by Gasteiger charge is 2.32. The Balaban J connectivity index is 1.40. The molecule has 0 radical (unpaired) electrons. The Kier molecular flexibility index (Phi) is 11.4. The van der Waals surface area contributed by atoms with E-state index < -0.39 is 16.1 Å². The monoisotopic (exact) mass is 687 g/mol. The summed E-state index contributed by atoms with van der Waals surface area (Å²) in [6, 6.07) is 18.8. The van der Waals surface area contributed by atoms with Gasteiger partial charge in [0.05, 0.1) is 11.9 Å². The number of nitrogens with one attached hydrogen (secondary N) is 1. The normalized spacial score (nSPS) is 15.3. The molecule has 2 aliphatic rings. The van der Waals surface area contributed by atoms with Crippen LogP contribution in [0.4, 0.5) is 5.69 Å². The van der Waals surface area contributed by atoms with Crippen molar-refractivity contribution in [2.45, 2.75) is 70.0 Å². The third-order valence-electron chi connectivity index (χ3n) is 8.37. The fraction of sp³-hybridized carbons (Fsp3) is 0.412. The largest absolute Gasteiger partial charge is 0.454 e. The van der Waals surface area contributed by atoms with Gasteiger partial charge in [-0.25, -0.2) is 8.42 Å². The lowest BCUT2D eigenvalue weighted by Gasteiger charge is -2.34. The van der Waals surface area contributed by atoms with Crippen molar-refractivity contribution in [3.8, 4) is 11.5 Å². The number of rotatable bonds is 13. The summed E-state index contributed by atoms with van der Waals surface area (Å²) < 4.78 is 37.7. The van der Waals surface area contributed by atoms with E-state index in [0.717, 1.165) is 43.9 Å². The number of carbonyl (C=O) groups is 2. The fourth-order valence-corrected chi connectivity index (χ4v) is 7.40. The lowest BCUT2D eigenvalue weighted by Crippen LogP contribution is -2.53. The first-order chi connectivity index (χ1) is 22.1. The summed E-state index contributed by atoms with van der Waals surface area (Å²) in [5.41, 5.74) is 1.98. The van der Waals surface area contributed by atoms with Crippen LogP contribution in [-0.4, -0.2) is 56.8 Å². The second-order valence-electron chi connectivity index (χ2n) is 11.8. The van der Waals surface area contributed by atoms with Gasteiger partial charge in [-0.15, -0.1) is 0 Å². The smallest absolute Gasteiger partial charge is 0.243 e. The van der Waals surface area contributed by atoms with Gasteiger partial charge in [-0.2, -0.15) is 0 Å². The van der Waals surface area contributed by atoms with Gasteiger partial charge in [0.1, 0.15) is 6.04 Å². The summed E-state index contributed by atoms with van der Waals surface area (Å²) in [6.45, 7) is 0.206. The Morgan fingerprint density at radius 2 is 1.70 bits per heavy atom. The molecule has 0 aromatic heterocycles. The van der Waals surface area contributed by atoms with Crippen LogP contribution in [0.5, 0.6) is 11.5 Å². The van der Waals surface area contributed by atoms with Gasteiger partial charge in [-0.05, 0) is 54.7 Å². The van der Waals surface area contributed by atoms with Gasteiger partial charge in [-0.1, -0.05) is 78.9 Å². The summed E-state index contributed by atoms with van der Waals surface area (Å²) >= 11 is 12.7. The Morgan fingerprint density at radius 3 is 2.41 bits per heavy atom. The number of carbonyl (C=O) groups excluding carboxylic acids is 2. The first-order valence-corrected chi connectivity index (χ1v) is 18.1. The van der Waals surface area contributed by atoms with E-state index in [1.807, 2.05) is 30.3 Å². The van der Waals surface area contributed by atoms with Crippen molar-refractivity contribution in [1.29, 1.82) is 0 Å². The minimum Gasteiger partial charge on any atom is -0.454 e. The van der Waals surface area contributed by atoms with Crippen molar-refractivity contribution in [3.63, 3.8) is 0 Å². The number of hydrogen-bond donors (Lipinski definition) is 1. The van der Waals surface area contributed by atoms with Crippen LogP contribution in [0.1, 0.15) is 56.1 Å². The standard InChI is InChI=1S/C34H39Cl2N3O6S/c1-46(42,43)39(28-16-17-31-32(21-28)45-23-44-31)18-8-13-33(40)38(22-25-14-15-26(35)20-29(25)36)30(19-24-9-4-2-5-10-24)34(41)37-27-11-6-3-7-12-27/h2,4-5,9-10,14-17,20-21,27,30H,3,6-8,11-13,18-19,22-23H2,1H3,(H,37,41)/t30-/m0/s1. The predicted octanol–water partition coefficient (Wildman–Crippen LogP) is 6.36. The van der Waals surface area contributed by atoms with Gasteiger partial charge >= 0.3 is 0 Å². The average molecular weight is 689 g/mol. The maximum Gasteiger partial charge on any atom is 0.243 e. The van der Waals surface area contributed by atoms with Crippen molar-refractivity contribution in [2.24, 2.45) is 0 Å². The highest BCUT2D eigenvalue weighted by atomic mass is 35.5. The SMILES string of the molecule is CS(=O)(=O)N(CCCC(=O)N(Cc1ccc(Cl)cc1Cl)[C@@H](Cc1ccccc1)C(=O)NC1CCCCC1)c1ccc2c(c1)OCO2. The number of anilines is 1. The van der Waals surface area contributed by atoms with Crippen LogP contribution in [0, 0.1) is 0 Å². The Labute approximate surface area is 280 Å². The molecule has 1 aliphatic heterocycles. The van der Waals surface area contributed by atoms with Crippen LogP contribution in [0.3, 0.4) is 0 Å². The number of nitrogens with zero attached hydrogens (tertiary/aromatic N) is 2. The molecule has 9 nitrogen and oxygen atoms in total. The van der Waals surface area contributed by atoms with Crippen molar-refractivity contribution >= 4 is 50.7 Å². The minimum absolute atomic E-state index is 0.00375. The predicted molar refractivity (Wildman–Crippen MR) is 180 cm³/mol. The summed E-state index contributed by atoms with van der Waals surface area (Å²) in [6.07, 6.45) is 6.72. The molecule has 2 amide bonds. The molecule has 246 valence electrons. The van der Waals surface area contributed by atoms with Crippen LogP contribution in [-0.2, 0) is 32.6 Å². The molecule has 1 saturated carbocycles. The average Bonchev–Trinajstić information content (AvgIpc) is 3.50. The molecule has 3 aromatic carbocycles. The van der Waals surface area contributed by atoms with Gasteiger partial charge in [0.25, 0.3) is 0 Å². The zero-order valence-corrected chi connectivity index (χ0v) is 28.1. The Bertz CT molecular complexity index is 1630. The van der Waals surface area contributed by atoms with Crippen molar-refractivity contribution in [2.75, 3.05) is 23.9 Å². The topological polar surface area (TPSA) is 105 Å². The first kappa shape index (κ1) is 33.9. The molecule has 0 bridgehead atoms. The highest BCUT2D eigenvalue weighted by Crippen LogP contribution is 2.36. The summed E-state index contributed by atoms with van der Waals surface area (Å²) in [5, 5.41) is 4.08. The van der Waals surface area contributed by atoms with Crippen LogP contribution in [0.25, 0.3) is 0 Å². The lowest BCUT2D eigenvalue weighted by molar-refractivity contribution is -0.141. The number of amides is 2. The van der Waals surface area contributed by atoms with E-state index in [-0.39, 0.29) is 50.6 Å². The van der Waals surface area contributed by atoms with E-state index in [9.17, 15) is 18.0 Å². The number of fused-ring (bicyclic) bond motifs is 1. The van der Waals surface area contributed by atoms with E-state index in [4.69, 9.17) is 32.7 Å². The van der Waals surface area contributed by atoms with Crippen LogP contribution >= 0.6 is 23.2 Å². The molecule has 0 unspecified atom stereocenters. The number of hydrogen-bond acceptors (Lipinski definition) is 6. The highest BCUT2D eigenvalue weighted by molar-refractivity contribution is 7.92. The van der Waals surface area contributed by atoms with E-state index in [2.05, 4.69) is 5.32 Å². The molecular weight excluding hydrogens is 649 g/mol. The molecule has 0 spiro atoms. The molecule has 1 atom stereocenters. The maximum atomic E-state index is 14.1. The second-order valence-corrected chi connectivity index (χ2v) is 14.5. The maximum absolute atomic E-state index is 14.1. The summed E-state index contributed by atoms with van der Waals surface area (Å²) in [7, 11) is -3.68. The molecule has 5 rings (SSSR count). The van der Waals surface area contributed by atoms with Crippen molar-refractivity contribution in [1.82, 2.24) is 10.2 Å². The van der Waals surface area contributed by atoms with Crippen LogP contribution in [0.15, 0.2) is 66.7 Å². The Morgan fingerprint density at radius 1 is 0.957 bits per heavy atom. The number of ether oxygens (including phenoxy) is 2. The first-order valence-electron chi connectivity index (χ1n) is 15.5. The fourth-order valence-electron chi connectivity index (χ4n) is 5.98. The number of halogens is 2. The lowest BCUT2D eigenvalue weighted by atomic mass is 9.94. The molecule has 1 fully saturated rings. The number of benzene rings is 3.